The summed E-state index contributed by atoms with van der Waals surface area (Å²) in [6.45, 7) is 8.77. The first-order chi connectivity index (χ1) is 9.72. The third-order valence-corrected chi connectivity index (χ3v) is 5.42. The molecule has 0 N–H and O–H groups in total. The molecule has 4 rings (SSSR count). The van der Waals surface area contributed by atoms with E-state index in [0.29, 0.717) is 12.6 Å². The Balaban J connectivity index is 1.59. The van der Waals surface area contributed by atoms with Gasteiger partial charge in [-0.1, -0.05) is 41.9 Å². The van der Waals surface area contributed by atoms with Crippen molar-refractivity contribution in [2.75, 3.05) is 38.7 Å². The molecule has 2 bridgehead atoms. The lowest BCUT2D eigenvalue weighted by molar-refractivity contribution is -0.935. The first-order valence-electron chi connectivity index (χ1n) is 7.53. The van der Waals surface area contributed by atoms with Crippen molar-refractivity contribution in [2.24, 2.45) is 0 Å². The average Bonchev–Trinajstić information content (AvgIpc) is 2.54. The predicted molar refractivity (Wildman–Crippen MR) is 81.6 cm³/mol. The summed E-state index contributed by atoms with van der Waals surface area (Å²) in [7, 11) is 0. The van der Waals surface area contributed by atoms with Gasteiger partial charge in [-0.2, -0.15) is 0 Å². The monoisotopic (exact) mass is 295 g/mol. The summed E-state index contributed by atoms with van der Waals surface area (Å²) < 4.78 is 7.19. The van der Waals surface area contributed by atoms with Gasteiger partial charge >= 0.3 is 0 Å². The predicted octanol–water partition coefficient (Wildman–Crippen LogP) is 2.30. The van der Waals surface area contributed by atoms with Gasteiger partial charge in [0.1, 0.15) is 0 Å². The molecule has 3 aliphatic heterocycles. The van der Waals surface area contributed by atoms with Crippen LogP contribution in [0.15, 0.2) is 30.3 Å². The molecule has 1 aromatic carbocycles. The van der Waals surface area contributed by atoms with Crippen molar-refractivity contribution in [1.29, 1.82) is 0 Å². The summed E-state index contributed by atoms with van der Waals surface area (Å²) in [5.74, 6) is 0. The van der Waals surface area contributed by atoms with Crippen LogP contribution in [0.2, 0.25) is 0 Å². The fraction of sp³-hybridized carbons (Fsp3) is 0.625. The van der Waals surface area contributed by atoms with Crippen molar-refractivity contribution < 1.29 is 9.22 Å². The Morgan fingerprint density at radius 2 is 2.00 bits per heavy atom. The SMILES string of the molecule is CC(OCc1ccccc1)C1C[N+]2(CCl)CCN1CC2. The minimum atomic E-state index is 0.261. The highest BCUT2D eigenvalue weighted by Gasteiger charge is 2.45. The molecule has 2 atom stereocenters. The Kier molecular flexibility index (Phi) is 4.32. The van der Waals surface area contributed by atoms with E-state index in [1.54, 1.807) is 0 Å². The first-order valence-corrected chi connectivity index (χ1v) is 8.06. The molecule has 110 valence electrons. The van der Waals surface area contributed by atoms with Gasteiger partial charge in [-0.25, -0.2) is 0 Å². The molecular formula is C16H24ClN2O+. The van der Waals surface area contributed by atoms with Crippen LogP contribution in [0.25, 0.3) is 0 Å². The van der Waals surface area contributed by atoms with Gasteiger partial charge in [0, 0.05) is 13.1 Å². The highest BCUT2D eigenvalue weighted by Crippen LogP contribution is 2.27. The second-order valence-electron chi connectivity index (χ2n) is 6.20. The first kappa shape index (κ1) is 14.3. The molecule has 3 saturated heterocycles. The molecule has 3 heterocycles. The number of benzene rings is 1. The van der Waals surface area contributed by atoms with Crippen LogP contribution in [0.4, 0.5) is 0 Å². The van der Waals surface area contributed by atoms with Crippen LogP contribution in [-0.4, -0.2) is 60.3 Å². The Bertz CT molecular complexity index is 431. The van der Waals surface area contributed by atoms with E-state index in [1.807, 2.05) is 6.07 Å². The number of fused-ring (bicyclic) bond motifs is 3. The fourth-order valence-electron chi connectivity index (χ4n) is 3.46. The lowest BCUT2D eigenvalue weighted by atomic mass is 10.0. The molecule has 0 amide bonds. The minimum absolute atomic E-state index is 0.261. The molecule has 2 unspecified atom stereocenters. The van der Waals surface area contributed by atoms with Gasteiger partial charge in [-0.05, 0) is 12.5 Å². The number of nitrogens with zero attached hydrogens (tertiary/aromatic N) is 2. The second-order valence-corrected chi connectivity index (χ2v) is 6.44. The minimum Gasteiger partial charge on any atom is -0.372 e. The summed E-state index contributed by atoms with van der Waals surface area (Å²) in [6.07, 6.45) is 0.261. The summed E-state index contributed by atoms with van der Waals surface area (Å²) in [5.41, 5.74) is 1.25. The number of rotatable bonds is 5. The molecule has 1 aromatic rings. The van der Waals surface area contributed by atoms with Gasteiger partial charge in [0.2, 0.25) is 0 Å². The highest BCUT2D eigenvalue weighted by molar-refractivity contribution is 6.17. The second kappa shape index (κ2) is 6.02. The Labute approximate surface area is 126 Å². The van der Waals surface area contributed by atoms with E-state index in [0.717, 1.165) is 30.1 Å². The summed E-state index contributed by atoms with van der Waals surface area (Å²) in [4.78, 5) is 2.59. The zero-order valence-electron chi connectivity index (χ0n) is 12.2. The molecule has 0 aliphatic carbocycles. The fourth-order valence-corrected chi connectivity index (χ4v) is 3.79. The topological polar surface area (TPSA) is 12.5 Å². The molecule has 0 aromatic heterocycles. The van der Waals surface area contributed by atoms with Gasteiger partial charge in [-0.3, -0.25) is 4.90 Å². The molecule has 3 aliphatic rings. The largest absolute Gasteiger partial charge is 0.372 e. The van der Waals surface area contributed by atoms with Crippen molar-refractivity contribution in [3.8, 4) is 0 Å². The molecule has 3 fully saturated rings. The van der Waals surface area contributed by atoms with Crippen molar-refractivity contribution in [1.82, 2.24) is 4.90 Å². The maximum absolute atomic E-state index is 6.22. The van der Waals surface area contributed by atoms with E-state index in [1.165, 1.54) is 18.7 Å². The van der Waals surface area contributed by atoms with E-state index in [-0.39, 0.29) is 6.10 Å². The zero-order valence-corrected chi connectivity index (χ0v) is 12.9. The van der Waals surface area contributed by atoms with Crippen LogP contribution in [0.3, 0.4) is 0 Å². The molecule has 20 heavy (non-hydrogen) atoms. The molecule has 0 radical (unpaired) electrons. The Morgan fingerprint density at radius 1 is 1.30 bits per heavy atom. The Hall–Kier alpha value is -0.610. The van der Waals surface area contributed by atoms with Crippen molar-refractivity contribution in [3.05, 3.63) is 35.9 Å². The molecule has 0 spiro atoms. The number of ether oxygens (including phenoxy) is 1. The lowest BCUT2D eigenvalue weighted by Gasteiger charge is -2.54. The van der Waals surface area contributed by atoms with Crippen LogP contribution in [-0.2, 0) is 11.3 Å². The summed E-state index contributed by atoms with van der Waals surface area (Å²) in [6, 6.07) is 11.7. The van der Waals surface area contributed by atoms with Crippen LogP contribution < -0.4 is 0 Å². The van der Waals surface area contributed by atoms with Gasteiger partial charge in [0.25, 0.3) is 0 Å². The van der Waals surface area contributed by atoms with E-state index in [9.17, 15) is 0 Å². The third kappa shape index (κ3) is 2.86. The van der Waals surface area contributed by atoms with Crippen molar-refractivity contribution >= 4 is 11.6 Å². The zero-order chi connectivity index (χ0) is 14.0. The number of piperazine rings is 3. The number of halogens is 1. The maximum Gasteiger partial charge on any atom is 0.155 e. The van der Waals surface area contributed by atoms with Crippen LogP contribution >= 0.6 is 11.6 Å². The standard InChI is InChI=1S/C16H24ClN2O/c1-14(20-12-15-5-3-2-4-6-15)16-11-19(13-17)9-7-18(16)8-10-19/h2-6,14,16H,7-13H2,1H3/q+1. The van der Waals surface area contributed by atoms with Crippen LogP contribution in [0.5, 0.6) is 0 Å². The van der Waals surface area contributed by atoms with Crippen LogP contribution in [0.1, 0.15) is 12.5 Å². The highest BCUT2D eigenvalue weighted by atomic mass is 35.5. The van der Waals surface area contributed by atoms with E-state index < -0.39 is 0 Å². The summed E-state index contributed by atoms with van der Waals surface area (Å²) in [5, 5.41) is 0. The smallest absolute Gasteiger partial charge is 0.155 e. The van der Waals surface area contributed by atoms with E-state index in [4.69, 9.17) is 16.3 Å². The summed E-state index contributed by atoms with van der Waals surface area (Å²) >= 11 is 6.22. The normalized spacial score (nSPS) is 34.1. The number of hydrogen-bond donors (Lipinski definition) is 0. The quantitative estimate of drug-likeness (QED) is 0.469. The number of hydrogen-bond acceptors (Lipinski definition) is 2. The van der Waals surface area contributed by atoms with Gasteiger partial charge in [0.15, 0.2) is 6.00 Å². The third-order valence-electron chi connectivity index (χ3n) is 4.92. The molecule has 0 saturated carbocycles. The Morgan fingerprint density at radius 3 is 2.65 bits per heavy atom. The van der Waals surface area contributed by atoms with Gasteiger partial charge < -0.3 is 9.22 Å². The van der Waals surface area contributed by atoms with E-state index in [2.05, 4.69) is 36.1 Å². The average molecular weight is 296 g/mol. The number of alkyl halides is 1. The lowest BCUT2D eigenvalue weighted by Crippen LogP contribution is -2.72. The molecule has 3 nitrogen and oxygen atoms in total. The van der Waals surface area contributed by atoms with Crippen molar-refractivity contribution in [2.45, 2.75) is 25.7 Å². The van der Waals surface area contributed by atoms with Crippen LogP contribution in [0, 0.1) is 0 Å². The van der Waals surface area contributed by atoms with Crippen molar-refractivity contribution in [3.63, 3.8) is 0 Å². The molecular weight excluding hydrogens is 272 g/mol. The van der Waals surface area contributed by atoms with Gasteiger partial charge in [-0.15, -0.1) is 0 Å². The van der Waals surface area contributed by atoms with E-state index >= 15 is 0 Å². The van der Waals surface area contributed by atoms with Gasteiger partial charge in [0.05, 0.1) is 38.4 Å². The maximum atomic E-state index is 6.22. The number of quaternary nitrogens is 1. The molecule has 4 heteroatoms.